The van der Waals surface area contributed by atoms with Gasteiger partial charge in [-0.25, -0.2) is 0 Å². The van der Waals surface area contributed by atoms with Crippen LogP contribution < -0.4 is 0 Å². The Balaban J connectivity index is 1.65. The van der Waals surface area contributed by atoms with Crippen molar-refractivity contribution in [3.63, 3.8) is 0 Å². The highest BCUT2D eigenvalue weighted by atomic mass is 16.5. The van der Waals surface area contributed by atoms with Gasteiger partial charge in [0.25, 0.3) is 0 Å². The van der Waals surface area contributed by atoms with Gasteiger partial charge in [0.05, 0.1) is 18.1 Å². The summed E-state index contributed by atoms with van der Waals surface area (Å²) >= 11 is 0. The first kappa shape index (κ1) is 26.6. The third-order valence-electron chi connectivity index (χ3n) is 13.1. The fourth-order valence-corrected chi connectivity index (χ4v) is 10.9. The minimum absolute atomic E-state index is 0.00663. The number of hydrogen-bond acceptors (Lipinski definition) is 5. The van der Waals surface area contributed by atoms with E-state index in [1.54, 1.807) is 0 Å². The quantitative estimate of drug-likeness (QED) is 0.380. The van der Waals surface area contributed by atoms with Crippen molar-refractivity contribution in [1.29, 1.82) is 5.26 Å². The maximum atomic E-state index is 14.4. The van der Waals surface area contributed by atoms with Crippen LogP contribution in [0.1, 0.15) is 99.8 Å². The Morgan fingerprint density at radius 1 is 0.946 bits per heavy atom. The number of carbonyl (C=O) groups excluding carboxylic acids is 3. The molecule has 5 aliphatic rings. The normalized spacial score (nSPS) is 47.8. The lowest BCUT2D eigenvalue weighted by molar-refractivity contribution is -0.226. The van der Waals surface area contributed by atoms with Crippen molar-refractivity contribution in [3.8, 4) is 6.07 Å². The number of ether oxygens (including phenoxy) is 1. The molecule has 4 saturated carbocycles. The van der Waals surface area contributed by atoms with E-state index < -0.39 is 16.2 Å². The number of carbonyl (C=O) groups is 3. The first-order valence-corrected chi connectivity index (χ1v) is 14.3. The predicted molar refractivity (Wildman–Crippen MR) is 141 cm³/mol. The Kier molecular flexibility index (Phi) is 5.61. The van der Waals surface area contributed by atoms with Gasteiger partial charge in [-0.2, -0.15) is 5.26 Å². The number of rotatable bonds is 1. The van der Waals surface area contributed by atoms with E-state index in [-0.39, 0.29) is 63.0 Å². The van der Waals surface area contributed by atoms with Gasteiger partial charge in [0.1, 0.15) is 11.9 Å². The molecular weight excluding hydrogens is 462 g/mol. The smallest absolute Gasteiger partial charge is 0.312 e. The van der Waals surface area contributed by atoms with Crippen molar-refractivity contribution in [3.05, 3.63) is 11.6 Å². The maximum absolute atomic E-state index is 14.4. The van der Waals surface area contributed by atoms with E-state index in [1.807, 2.05) is 19.9 Å². The van der Waals surface area contributed by atoms with Gasteiger partial charge in [-0.3, -0.25) is 14.4 Å². The molecule has 0 radical (unpaired) electrons. The number of allylic oxidation sites excluding steroid dienone is 2. The molecule has 0 N–H and O–H groups in total. The second kappa shape index (κ2) is 7.80. The Hall–Kier alpha value is -1.96. The Morgan fingerprint density at radius 2 is 1.59 bits per heavy atom. The highest BCUT2D eigenvalue weighted by molar-refractivity contribution is 6.04. The zero-order chi connectivity index (χ0) is 27.4. The fraction of sp³-hybridized carbons (Fsp3) is 0.812. The molecule has 202 valence electrons. The summed E-state index contributed by atoms with van der Waals surface area (Å²) in [5.74, 6) is 0.0839. The minimum Gasteiger partial charge on any atom is -0.469 e. The molecule has 5 aliphatic carbocycles. The molecular formula is C32H45NO4. The number of nitrogens with zero attached hydrogens (tertiary/aromatic N) is 1. The molecule has 0 aromatic heterocycles. The van der Waals surface area contributed by atoms with Crippen LogP contribution in [0.25, 0.3) is 0 Å². The molecule has 0 aliphatic heterocycles. The van der Waals surface area contributed by atoms with Gasteiger partial charge in [-0.05, 0) is 84.4 Å². The summed E-state index contributed by atoms with van der Waals surface area (Å²) in [6.45, 7) is 15.5. The number of methoxy groups -OCH3 is 1. The van der Waals surface area contributed by atoms with Crippen LogP contribution in [-0.4, -0.2) is 24.6 Å². The van der Waals surface area contributed by atoms with Crippen LogP contribution in [0, 0.1) is 67.5 Å². The zero-order valence-corrected chi connectivity index (χ0v) is 24.1. The topological polar surface area (TPSA) is 84.2 Å². The SMILES string of the molecule is COC(=O)[C@]12CCC(C)(C)C[C@H]1[C@H]1C(=O)CC3[C@@]4(C)C=C(C#N)C(=O)C(C)(C)[C@@H]4CC[C@@]3(C)[C@]1(C)CC2. The van der Waals surface area contributed by atoms with Crippen molar-refractivity contribution in [2.75, 3.05) is 7.11 Å². The molecule has 0 aromatic carbocycles. The lowest BCUT2D eigenvalue weighted by atomic mass is 9.31. The summed E-state index contributed by atoms with van der Waals surface area (Å²) in [6.07, 6.45) is 8.52. The molecule has 5 rings (SSSR count). The van der Waals surface area contributed by atoms with E-state index in [4.69, 9.17) is 4.74 Å². The van der Waals surface area contributed by atoms with Crippen LogP contribution in [0.2, 0.25) is 0 Å². The summed E-state index contributed by atoms with van der Waals surface area (Å²) in [5, 5.41) is 9.88. The molecule has 5 nitrogen and oxygen atoms in total. The van der Waals surface area contributed by atoms with Gasteiger partial charge in [0.15, 0.2) is 5.78 Å². The van der Waals surface area contributed by atoms with E-state index in [0.717, 1.165) is 44.9 Å². The van der Waals surface area contributed by atoms with Crippen LogP contribution in [0.5, 0.6) is 0 Å². The Morgan fingerprint density at radius 3 is 2.22 bits per heavy atom. The first-order chi connectivity index (χ1) is 17.0. The van der Waals surface area contributed by atoms with Crippen LogP contribution in [-0.2, 0) is 19.1 Å². The minimum atomic E-state index is -0.628. The van der Waals surface area contributed by atoms with E-state index in [2.05, 4.69) is 40.7 Å². The molecule has 0 bridgehead atoms. The van der Waals surface area contributed by atoms with Gasteiger partial charge >= 0.3 is 5.97 Å². The Labute approximate surface area is 222 Å². The lowest BCUT2D eigenvalue weighted by Gasteiger charge is -2.71. The van der Waals surface area contributed by atoms with Gasteiger partial charge < -0.3 is 4.74 Å². The van der Waals surface area contributed by atoms with Crippen LogP contribution >= 0.6 is 0 Å². The first-order valence-electron chi connectivity index (χ1n) is 14.3. The molecule has 8 atom stereocenters. The molecule has 5 heteroatoms. The average molecular weight is 508 g/mol. The summed E-state index contributed by atoms with van der Waals surface area (Å²) < 4.78 is 5.42. The van der Waals surface area contributed by atoms with Gasteiger partial charge in [0.2, 0.25) is 0 Å². The standard InChI is InChI=1S/C32H45NO4/c1-27(2)11-13-32(26(36)37-8)14-12-31(7)24(20(32)17-27)21(34)15-23-29(5)16-19(18-33)25(35)28(3,4)22(29)9-10-30(23,31)6/h16,20,22-24H,9-15,17H2,1-8H3/t20-,22-,23?,24-,29-,30+,31+,32-/m0/s1. The third kappa shape index (κ3) is 3.17. The summed E-state index contributed by atoms with van der Waals surface area (Å²) in [4.78, 5) is 41.0. The summed E-state index contributed by atoms with van der Waals surface area (Å²) in [7, 11) is 1.50. The van der Waals surface area contributed by atoms with Gasteiger partial charge in [-0.1, -0.05) is 54.5 Å². The van der Waals surface area contributed by atoms with E-state index in [9.17, 15) is 19.6 Å². The number of esters is 1. The van der Waals surface area contributed by atoms with Gasteiger partial charge in [0, 0.05) is 17.8 Å². The van der Waals surface area contributed by atoms with Crippen molar-refractivity contribution in [1.82, 2.24) is 0 Å². The molecule has 0 amide bonds. The van der Waals surface area contributed by atoms with Crippen molar-refractivity contribution < 1.29 is 19.1 Å². The van der Waals surface area contributed by atoms with E-state index >= 15 is 0 Å². The van der Waals surface area contributed by atoms with E-state index in [0.29, 0.717) is 6.42 Å². The zero-order valence-electron chi connectivity index (χ0n) is 24.1. The Bertz CT molecular complexity index is 1140. The number of fused-ring (bicyclic) bond motifs is 7. The number of hydrogen-bond donors (Lipinski definition) is 0. The van der Waals surface area contributed by atoms with Crippen LogP contribution in [0.15, 0.2) is 11.6 Å². The molecule has 0 saturated heterocycles. The summed E-state index contributed by atoms with van der Waals surface area (Å²) in [5.41, 5.74) is -1.63. The monoisotopic (exact) mass is 507 g/mol. The fourth-order valence-electron chi connectivity index (χ4n) is 10.9. The second-order valence-corrected chi connectivity index (χ2v) is 15.3. The number of Topliss-reactive ketones (excluding diaryl/α,β-unsaturated/α-hetero) is 2. The molecule has 0 heterocycles. The predicted octanol–water partition coefficient (Wildman–Crippen LogP) is 6.46. The molecule has 0 spiro atoms. The second-order valence-electron chi connectivity index (χ2n) is 15.3. The van der Waals surface area contributed by atoms with Gasteiger partial charge in [-0.15, -0.1) is 0 Å². The molecule has 37 heavy (non-hydrogen) atoms. The third-order valence-corrected chi connectivity index (χ3v) is 13.1. The van der Waals surface area contributed by atoms with Crippen LogP contribution in [0.4, 0.5) is 0 Å². The average Bonchev–Trinajstić information content (AvgIpc) is 2.82. The van der Waals surface area contributed by atoms with Crippen molar-refractivity contribution in [2.45, 2.75) is 99.8 Å². The largest absolute Gasteiger partial charge is 0.469 e. The molecule has 4 fully saturated rings. The maximum Gasteiger partial charge on any atom is 0.312 e. The van der Waals surface area contributed by atoms with Crippen molar-refractivity contribution >= 4 is 17.5 Å². The van der Waals surface area contributed by atoms with Crippen LogP contribution in [0.3, 0.4) is 0 Å². The summed E-state index contributed by atoms with van der Waals surface area (Å²) in [6, 6.07) is 2.20. The molecule has 1 unspecified atom stereocenters. The highest BCUT2D eigenvalue weighted by Crippen LogP contribution is 2.75. The highest BCUT2D eigenvalue weighted by Gasteiger charge is 2.73. The number of ketones is 2. The molecule has 0 aromatic rings. The van der Waals surface area contributed by atoms with Crippen molar-refractivity contribution in [2.24, 2.45) is 56.2 Å². The van der Waals surface area contributed by atoms with E-state index in [1.165, 1.54) is 7.11 Å². The lowest BCUT2D eigenvalue weighted by Crippen LogP contribution is -2.69. The number of nitriles is 1.